The molecule has 0 bridgehead atoms. The molecule has 5 heteroatoms. The molecule has 0 aromatic heterocycles. The molecule has 2 rings (SSSR count). The first-order valence-electron chi connectivity index (χ1n) is 5.44. The molecule has 0 radical (unpaired) electrons. The summed E-state index contributed by atoms with van der Waals surface area (Å²) in [5.41, 5.74) is 1.91. The van der Waals surface area contributed by atoms with Crippen LogP contribution in [0.4, 0.5) is 0 Å². The summed E-state index contributed by atoms with van der Waals surface area (Å²) < 4.78 is 0.885. The summed E-state index contributed by atoms with van der Waals surface area (Å²) in [4.78, 5) is 14.1. The summed E-state index contributed by atoms with van der Waals surface area (Å²) in [6, 6.07) is 5.85. The van der Waals surface area contributed by atoms with Crippen molar-refractivity contribution in [3.63, 3.8) is 0 Å². The smallest absolute Gasteiger partial charge is 0.255 e. The second-order valence-corrected chi connectivity index (χ2v) is 4.88. The van der Waals surface area contributed by atoms with Crippen molar-refractivity contribution in [2.24, 2.45) is 0 Å². The van der Waals surface area contributed by atoms with E-state index >= 15 is 0 Å². The molecule has 1 fully saturated rings. The Kier molecular flexibility index (Phi) is 5.43. The minimum Gasteiger partial charge on any atom is -0.336 e. The van der Waals surface area contributed by atoms with Gasteiger partial charge in [0.05, 0.1) is 5.56 Å². The summed E-state index contributed by atoms with van der Waals surface area (Å²) in [6.07, 6.45) is 0. The van der Waals surface area contributed by atoms with Gasteiger partial charge in [0.1, 0.15) is 0 Å². The molecule has 1 heterocycles. The van der Waals surface area contributed by atoms with Gasteiger partial charge in [-0.3, -0.25) is 4.79 Å². The number of rotatable bonds is 1. The van der Waals surface area contributed by atoms with Crippen LogP contribution in [0.25, 0.3) is 0 Å². The fourth-order valence-corrected chi connectivity index (χ4v) is 2.49. The molecule has 1 saturated heterocycles. The standard InChI is InChI=1S/C12H15BrN2O.ClH/c1-9-2-3-10(11(13)8-9)12(16)15-6-4-14-5-7-15;/h2-3,8,14H,4-7H2,1H3;1H. The SMILES string of the molecule is Cc1ccc(C(=O)N2CCNCC2)c(Br)c1.Cl. The van der Waals surface area contributed by atoms with Crippen molar-refractivity contribution in [1.82, 2.24) is 10.2 Å². The maximum atomic E-state index is 12.2. The molecule has 1 aliphatic rings. The van der Waals surface area contributed by atoms with Crippen molar-refractivity contribution < 1.29 is 4.79 Å². The van der Waals surface area contributed by atoms with Crippen LogP contribution in [0.2, 0.25) is 0 Å². The molecule has 17 heavy (non-hydrogen) atoms. The second kappa shape index (κ2) is 6.38. The monoisotopic (exact) mass is 318 g/mol. The molecule has 3 nitrogen and oxygen atoms in total. The third-order valence-electron chi connectivity index (χ3n) is 2.76. The number of carbonyl (C=O) groups excluding carboxylic acids is 1. The Morgan fingerprint density at radius 3 is 2.59 bits per heavy atom. The topological polar surface area (TPSA) is 32.3 Å². The molecule has 0 unspecified atom stereocenters. The minimum absolute atomic E-state index is 0. The zero-order valence-corrected chi connectivity index (χ0v) is 12.1. The van der Waals surface area contributed by atoms with Crippen molar-refractivity contribution in [2.45, 2.75) is 6.92 Å². The van der Waals surface area contributed by atoms with Crippen LogP contribution in [-0.2, 0) is 0 Å². The molecule has 1 aromatic carbocycles. The number of amides is 1. The van der Waals surface area contributed by atoms with Crippen LogP contribution in [-0.4, -0.2) is 37.0 Å². The van der Waals surface area contributed by atoms with Crippen LogP contribution in [0.15, 0.2) is 22.7 Å². The Morgan fingerprint density at radius 1 is 1.35 bits per heavy atom. The first-order chi connectivity index (χ1) is 7.68. The van der Waals surface area contributed by atoms with E-state index in [2.05, 4.69) is 21.2 Å². The van der Waals surface area contributed by atoms with Crippen LogP contribution in [0.3, 0.4) is 0 Å². The predicted octanol–water partition coefficient (Wildman–Crippen LogP) is 2.22. The molecule has 94 valence electrons. The largest absolute Gasteiger partial charge is 0.336 e. The third-order valence-corrected chi connectivity index (χ3v) is 3.42. The Labute approximate surface area is 116 Å². The van der Waals surface area contributed by atoms with E-state index in [1.54, 1.807) is 0 Å². The highest BCUT2D eigenvalue weighted by Gasteiger charge is 2.19. The normalized spacial score (nSPS) is 15.3. The average molecular weight is 320 g/mol. The van der Waals surface area contributed by atoms with Gasteiger partial charge in [0.25, 0.3) is 5.91 Å². The van der Waals surface area contributed by atoms with Crippen molar-refractivity contribution in [2.75, 3.05) is 26.2 Å². The van der Waals surface area contributed by atoms with Gasteiger partial charge in [0.2, 0.25) is 0 Å². The second-order valence-electron chi connectivity index (χ2n) is 4.03. The van der Waals surface area contributed by atoms with Gasteiger partial charge < -0.3 is 10.2 Å². The number of hydrogen-bond acceptors (Lipinski definition) is 2. The highest BCUT2D eigenvalue weighted by Crippen LogP contribution is 2.20. The molecule has 1 aliphatic heterocycles. The lowest BCUT2D eigenvalue weighted by Gasteiger charge is -2.27. The fourth-order valence-electron chi connectivity index (χ4n) is 1.83. The molecular formula is C12H16BrClN2O. The van der Waals surface area contributed by atoms with Crippen LogP contribution in [0.1, 0.15) is 15.9 Å². The zero-order valence-electron chi connectivity index (χ0n) is 9.70. The van der Waals surface area contributed by atoms with E-state index in [4.69, 9.17) is 0 Å². The van der Waals surface area contributed by atoms with Crippen molar-refractivity contribution in [1.29, 1.82) is 0 Å². The Hall–Kier alpha value is -0.580. The number of piperazine rings is 1. The van der Waals surface area contributed by atoms with E-state index < -0.39 is 0 Å². The molecule has 1 aromatic rings. The number of hydrogen-bond donors (Lipinski definition) is 1. The van der Waals surface area contributed by atoms with Gasteiger partial charge >= 0.3 is 0 Å². The third kappa shape index (κ3) is 3.44. The summed E-state index contributed by atoms with van der Waals surface area (Å²) >= 11 is 3.45. The fraction of sp³-hybridized carbons (Fsp3) is 0.417. The van der Waals surface area contributed by atoms with E-state index in [-0.39, 0.29) is 18.3 Å². The molecule has 1 amide bonds. The van der Waals surface area contributed by atoms with Crippen LogP contribution >= 0.6 is 28.3 Å². The van der Waals surface area contributed by atoms with E-state index in [0.717, 1.165) is 41.8 Å². The molecule has 0 spiro atoms. The van der Waals surface area contributed by atoms with Gasteiger partial charge in [0.15, 0.2) is 0 Å². The highest BCUT2D eigenvalue weighted by molar-refractivity contribution is 9.10. The van der Waals surface area contributed by atoms with Gasteiger partial charge in [-0.15, -0.1) is 12.4 Å². The summed E-state index contributed by atoms with van der Waals surface area (Å²) in [6.45, 7) is 5.37. The number of carbonyl (C=O) groups is 1. The molecular weight excluding hydrogens is 304 g/mol. The number of nitrogens with one attached hydrogen (secondary N) is 1. The number of aryl methyl sites for hydroxylation is 1. The lowest BCUT2D eigenvalue weighted by Crippen LogP contribution is -2.46. The van der Waals surface area contributed by atoms with Gasteiger partial charge in [-0.2, -0.15) is 0 Å². The van der Waals surface area contributed by atoms with Crippen molar-refractivity contribution in [3.8, 4) is 0 Å². The van der Waals surface area contributed by atoms with Crippen LogP contribution < -0.4 is 5.32 Å². The molecule has 0 atom stereocenters. The van der Waals surface area contributed by atoms with Crippen molar-refractivity contribution in [3.05, 3.63) is 33.8 Å². The van der Waals surface area contributed by atoms with Crippen molar-refractivity contribution >= 4 is 34.2 Å². The highest BCUT2D eigenvalue weighted by atomic mass is 79.9. The Balaban J connectivity index is 0.00000144. The summed E-state index contributed by atoms with van der Waals surface area (Å²) in [5.74, 6) is 0.119. The van der Waals surface area contributed by atoms with E-state index in [1.165, 1.54) is 0 Å². The number of halogens is 2. The number of benzene rings is 1. The van der Waals surface area contributed by atoms with Gasteiger partial charge in [0, 0.05) is 30.7 Å². The zero-order chi connectivity index (χ0) is 11.5. The first kappa shape index (κ1) is 14.5. The maximum Gasteiger partial charge on any atom is 0.255 e. The van der Waals surface area contributed by atoms with Crippen LogP contribution in [0, 0.1) is 6.92 Å². The molecule has 0 saturated carbocycles. The summed E-state index contributed by atoms with van der Waals surface area (Å²) in [7, 11) is 0. The lowest BCUT2D eigenvalue weighted by atomic mass is 10.1. The van der Waals surface area contributed by atoms with E-state index in [1.807, 2.05) is 30.0 Å². The predicted molar refractivity (Wildman–Crippen MR) is 74.9 cm³/mol. The Morgan fingerprint density at radius 2 is 2.00 bits per heavy atom. The molecule has 1 N–H and O–H groups in total. The van der Waals surface area contributed by atoms with Gasteiger partial charge in [-0.05, 0) is 40.5 Å². The van der Waals surface area contributed by atoms with Crippen LogP contribution in [0.5, 0.6) is 0 Å². The lowest BCUT2D eigenvalue weighted by molar-refractivity contribution is 0.0735. The van der Waals surface area contributed by atoms with E-state index in [9.17, 15) is 4.79 Å². The van der Waals surface area contributed by atoms with E-state index in [0.29, 0.717) is 0 Å². The average Bonchev–Trinajstić information content (AvgIpc) is 2.29. The molecule has 0 aliphatic carbocycles. The Bertz CT molecular complexity index is 405. The first-order valence-corrected chi connectivity index (χ1v) is 6.24. The van der Waals surface area contributed by atoms with Gasteiger partial charge in [-0.1, -0.05) is 6.07 Å². The maximum absolute atomic E-state index is 12.2. The quantitative estimate of drug-likeness (QED) is 0.861. The summed E-state index contributed by atoms with van der Waals surface area (Å²) in [5, 5.41) is 3.24. The minimum atomic E-state index is 0. The number of nitrogens with zero attached hydrogens (tertiary/aromatic N) is 1. The van der Waals surface area contributed by atoms with Gasteiger partial charge in [-0.25, -0.2) is 0 Å².